The third-order valence-electron chi connectivity index (χ3n) is 2.74. The third-order valence-corrected chi connectivity index (χ3v) is 4.22. The Bertz CT molecular complexity index is 712. The first kappa shape index (κ1) is 13.4. The zero-order valence-corrected chi connectivity index (χ0v) is 11.5. The number of nitrogens with two attached hydrogens (primary N) is 1. The van der Waals surface area contributed by atoms with Crippen molar-refractivity contribution >= 4 is 21.5 Å². The third kappa shape index (κ3) is 2.85. The van der Waals surface area contributed by atoms with E-state index >= 15 is 0 Å². The van der Waals surface area contributed by atoms with E-state index in [4.69, 9.17) is 5.73 Å². The van der Waals surface area contributed by atoms with Crippen LogP contribution in [0.3, 0.4) is 0 Å². The maximum absolute atomic E-state index is 12.3. The number of rotatable bonds is 3. The van der Waals surface area contributed by atoms with E-state index < -0.39 is 10.0 Å². The van der Waals surface area contributed by atoms with Gasteiger partial charge in [-0.3, -0.25) is 4.72 Å². The standard InChI is InChI=1S/C13H15N3O2S/c1-9-5-6-11(14)8-12(9)19(17,18)16-13-10(2)4-3-7-15-13/h3-8H,14H2,1-2H3,(H,15,16). The molecule has 0 aliphatic carbocycles. The molecule has 0 amide bonds. The number of nitrogen functional groups attached to an aromatic ring is 1. The van der Waals surface area contributed by atoms with E-state index in [0.29, 0.717) is 17.1 Å². The minimum atomic E-state index is -3.68. The van der Waals surface area contributed by atoms with Gasteiger partial charge in [-0.15, -0.1) is 0 Å². The Hall–Kier alpha value is -2.08. The smallest absolute Gasteiger partial charge is 0.263 e. The molecule has 2 rings (SSSR count). The van der Waals surface area contributed by atoms with Crippen molar-refractivity contribution in [1.29, 1.82) is 0 Å². The summed E-state index contributed by atoms with van der Waals surface area (Å²) < 4.78 is 27.1. The van der Waals surface area contributed by atoms with Crippen LogP contribution < -0.4 is 10.5 Å². The molecule has 0 unspecified atom stereocenters. The minimum absolute atomic E-state index is 0.164. The molecule has 0 aliphatic rings. The normalized spacial score (nSPS) is 11.3. The first-order valence-corrected chi connectivity index (χ1v) is 7.19. The van der Waals surface area contributed by atoms with Crippen molar-refractivity contribution in [1.82, 2.24) is 4.98 Å². The molecule has 0 aliphatic heterocycles. The molecule has 2 aromatic rings. The van der Waals surface area contributed by atoms with Crippen molar-refractivity contribution in [2.24, 2.45) is 0 Å². The van der Waals surface area contributed by atoms with Gasteiger partial charge in [0.05, 0.1) is 4.90 Å². The lowest BCUT2D eigenvalue weighted by molar-refractivity contribution is 0.600. The molecule has 19 heavy (non-hydrogen) atoms. The summed E-state index contributed by atoms with van der Waals surface area (Å²) in [5, 5.41) is 0. The van der Waals surface area contributed by atoms with E-state index in [1.54, 1.807) is 38.1 Å². The Morgan fingerprint density at radius 3 is 2.58 bits per heavy atom. The summed E-state index contributed by atoms with van der Waals surface area (Å²) in [6.07, 6.45) is 1.54. The SMILES string of the molecule is Cc1ccc(N)cc1S(=O)(=O)Nc1ncccc1C. The first-order valence-electron chi connectivity index (χ1n) is 5.71. The van der Waals surface area contributed by atoms with Gasteiger partial charge in [-0.2, -0.15) is 0 Å². The van der Waals surface area contributed by atoms with Crippen LogP contribution in [0.5, 0.6) is 0 Å². The summed E-state index contributed by atoms with van der Waals surface area (Å²) in [6, 6.07) is 8.32. The van der Waals surface area contributed by atoms with Crippen molar-refractivity contribution in [2.45, 2.75) is 18.7 Å². The molecule has 1 heterocycles. The largest absolute Gasteiger partial charge is 0.399 e. The molecule has 0 atom stereocenters. The maximum Gasteiger partial charge on any atom is 0.263 e. The Labute approximate surface area is 112 Å². The molecule has 5 nitrogen and oxygen atoms in total. The van der Waals surface area contributed by atoms with Gasteiger partial charge in [0.2, 0.25) is 0 Å². The minimum Gasteiger partial charge on any atom is -0.399 e. The van der Waals surface area contributed by atoms with E-state index in [-0.39, 0.29) is 4.90 Å². The van der Waals surface area contributed by atoms with E-state index in [1.165, 1.54) is 12.3 Å². The summed E-state index contributed by atoms with van der Waals surface area (Å²) in [4.78, 5) is 4.18. The molecule has 0 saturated carbocycles. The van der Waals surface area contributed by atoms with Crippen molar-refractivity contribution in [2.75, 3.05) is 10.5 Å². The molecule has 0 fully saturated rings. The lowest BCUT2D eigenvalue weighted by Crippen LogP contribution is -2.16. The molecule has 0 saturated heterocycles. The highest BCUT2D eigenvalue weighted by Crippen LogP contribution is 2.21. The Morgan fingerprint density at radius 2 is 1.89 bits per heavy atom. The average molecular weight is 277 g/mol. The van der Waals surface area contributed by atoms with Crippen LogP contribution in [0.25, 0.3) is 0 Å². The molecule has 3 N–H and O–H groups in total. The fraction of sp³-hybridized carbons (Fsp3) is 0.154. The number of hydrogen-bond donors (Lipinski definition) is 2. The number of nitrogens with one attached hydrogen (secondary N) is 1. The number of aromatic nitrogens is 1. The van der Waals surface area contributed by atoms with Crippen LogP contribution in [0, 0.1) is 13.8 Å². The van der Waals surface area contributed by atoms with E-state index in [1.807, 2.05) is 0 Å². The number of sulfonamides is 1. The van der Waals surface area contributed by atoms with Crippen molar-refractivity contribution in [3.63, 3.8) is 0 Å². The zero-order chi connectivity index (χ0) is 14.0. The number of anilines is 2. The van der Waals surface area contributed by atoms with Gasteiger partial charge < -0.3 is 5.73 Å². The Balaban J connectivity index is 2.44. The van der Waals surface area contributed by atoms with Gasteiger partial charge in [-0.05, 0) is 43.2 Å². The number of aryl methyl sites for hydroxylation is 2. The fourth-order valence-corrected chi connectivity index (χ4v) is 3.04. The summed E-state index contributed by atoms with van der Waals surface area (Å²) in [6.45, 7) is 3.51. The van der Waals surface area contributed by atoms with Gasteiger partial charge in [0.1, 0.15) is 5.82 Å². The second-order valence-electron chi connectivity index (χ2n) is 4.30. The fourth-order valence-electron chi connectivity index (χ4n) is 1.68. The summed E-state index contributed by atoms with van der Waals surface area (Å²) in [5.41, 5.74) is 7.44. The molecule has 100 valence electrons. The molecule has 0 spiro atoms. The van der Waals surface area contributed by atoms with Crippen LogP contribution in [0.1, 0.15) is 11.1 Å². The second kappa shape index (κ2) is 4.89. The number of pyridine rings is 1. The predicted octanol–water partition coefficient (Wildman–Crippen LogP) is 2.08. The van der Waals surface area contributed by atoms with Crippen LogP contribution in [0.4, 0.5) is 11.5 Å². The molecule has 6 heteroatoms. The van der Waals surface area contributed by atoms with Gasteiger partial charge in [-0.1, -0.05) is 12.1 Å². The van der Waals surface area contributed by atoms with E-state index in [0.717, 1.165) is 5.56 Å². The molecule has 1 aromatic heterocycles. The molecular weight excluding hydrogens is 262 g/mol. The first-order chi connectivity index (χ1) is 8.90. The summed E-state index contributed by atoms with van der Waals surface area (Å²) in [7, 11) is -3.68. The van der Waals surface area contributed by atoms with Crippen LogP contribution in [-0.2, 0) is 10.0 Å². The molecular formula is C13H15N3O2S. The Morgan fingerprint density at radius 1 is 1.16 bits per heavy atom. The number of hydrogen-bond acceptors (Lipinski definition) is 4. The van der Waals surface area contributed by atoms with E-state index in [2.05, 4.69) is 9.71 Å². The monoisotopic (exact) mass is 277 g/mol. The highest BCUT2D eigenvalue weighted by Gasteiger charge is 2.18. The second-order valence-corrected chi connectivity index (χ2v) is 5.95. The average Bonchev–Trinajstić information content (AvgIpc) is 2.35. The lowest BCUT2D eigenvalue weighted by atomic mass is 10.2. The molecule has 0 bridgehead atoms. The van der Waals surface area contributed by atoms with Crippen molar-refractivity contribution in [3.8, 4) is 0 Å². The van der Waals surface area contributed by atoms with Crippen LogP contribution in [0.2, 0.25) is 0 Å². The van der Waals surface area contributed by atoms with Crippen LogP contribution in [0.15, 0.2) is 41.4 Å². The molecule has 1 aromatic carbocycles. The van der Waals surface area contributed by atoms with Crippen LogP contribution >= 0.6 is 0 Å². The van der Waals surface area contributed by atoms with Crippen LogP contribution in [-0.4, -0.2) is 13.4 Å². The topological polar surface area (TPSA) is 85.1 Å². The summed E-state index contributed by atoms with van der Waals surface area (Å²) >= 11 is 0. The van der Waals surface area contributed by atoms with Gasteiger partial charge >= 0.3 is 0 Å². The van der Waals surface area contributed by atoms with Gasteiger partial charge in [0.15, 0.2) is 0 Å². The predicted molar refractivity (Wildman–Crippen MR) is 75.4 cm³/mol. The summed E-state index contributed by atoms with van der Waals surface area (Å²) in [5.74, 6) is 0.323. The number of nitrogens with zero attached hydrogens (tertiary/aromatic N) is 1. The van der Waals surface area contributed by atoms with Crippen molar-refractivity contribution in [3.05, 3.63) is 47.7 Å². The maximum atomic E-state index is 12.3. The Kier molecular flexibility index (Phi) is 3.44. The lowest BCUT2D eigenvalue weighted by Gasteiger charge is -2.11. The van der Waals surface area contributed by atoms with E-state index in [9.17, 15) is 8.42 Å². The highest BCUT2D eigenvalue weighted by molar-refractivity contribution is 7.92. The highest BCUT2D eigenvalue weighted by atomic mass is 32.2. The molecule has 0 radical (unpaired) electrons. The zero-order valence-electron chi connectivity index (χ0n) is 10.7. The number of benzene rings is 1. The van der Waals surface area contributed by atoms with Crippen molar-refractivity contribution < 1.29 is 8.42 Å². The van der Waals surface area contributed by atoms with Gasteiger partial charge in [-0.25, -0.2) is 13.4 Å². The van der Waals surface area contributed by atoms with Gasteiger partial charge in [0.25, 0.3) is 10.0 Å². The van der Waals surface area contributed by atoms with Gasteiger partial charge in [0, 0.05) is 11.9 Å². The quantitative estimate of drug-likeness (QED) is 0.841.